The lowest BCUT2D eigenvalue weighted by atomic mass is 10.2. The van der Waals surface area contributed by atoms with Gasteiger partial charge in [-0.15, -0.1) is 0 Å². The zero-order chi connectivity index (χ0) is 13.8. The van der Waals surface area contributed by atoms with E-state index in [0.717, 1.165) is 44.1 Å². The highest BCUT2D eigenvalue weighted by atomic mass is 16.3. The SMILES string of the molecule is Oc1cccc(CN2CCN(c3ccccn3)CC2)c1. The van der Waals surface area contributed by atoms with Crippen molar-refractivity contribution in [3.8, 4) is 5.75 Å². The highest BCUT2D eigenvalue weighted by molar-refractivity contribution is 5.38. The Balaban J connectivity index is 1.56. The van der Waals surface area contributed by atoms with Gasteiger partial charge in [-0.05, 0) is 29.8 Å². The van der Waals surface area contributed by atoms with E-state index in [1.165, 1.54) is 0 Å². The second-order valence-electron chi connectivity index (χ2n) is 5.12. The molecule has 3 rings (SSSR count). The molecule has 0 aliphatic carbocycles. The van der Waals surface area contributed by atoms with Gasteiger partial charge in [0.1, 0.15) is 11.6 Å². The summed E-state index contributed by atoms with van der Waals surface area (Å²) in [6.07, 6.45) is 1.84. The molecule has 0 atom stereocenters. The molecule has 0 amide bonds. The van der Waals surface area contributed by atoms with Crippen molar-refractivity contribution in [3.63, 3.8) is 0 Å². The lowest BCUT2D eigenvalue weighted by molar-refractivity contribution is 0.249. The second kappa shape index (κ2) is 5.92. The van der Waals surface area contributed by atoms with Crippen molar-refractivity contribution in [2.75, 3.05) is 31.1 Å². The molecular formula is C16H19N3O. The van der Waals surface area contributed by atoms with Crippen LogP contribution in [0.3, 0.4) is 0 Å². The summed E-state index contributed by atoms with van der Waals surface area (Å²) in [5.41, 5.74) is 1.16. The van der Waals surface area contributed by atoms with Crippen molar-refractivity contribution in [3.05, 3.63) is 54.2 Å². The van der Waals surface area contributed by atoms with E-state index < -0.39 is 0 Å². The van der Waals surface area contributed by atoms with E-state index in [9.17, 15) is 5.11 Å². The summed E-state index contributed by atoms with van der Waals surface area (Å²) in [6.45, 7) is 4.93. The molecule has 1 aliphatic rings. The van der Waals surface area contributed by atoms with E-state index in [2.05, 4.69) is 26.9 Å². The Morgan fingerprint density at radius 2 is 1.85 bits per heavy atom. The van der Waals surface area contributed by atoms with Gasteiger partial charge in [0, 0.05) is 38.9 Å². The summed E-state index contributed by atoms with van der Waals surface area (Å²) >= 11 is 0. The number of phenolic OH excluding ortho intramolecular Hbond substituents is 1. The number of rotatable bonds is 3. The number of aromatic nitrogens is 1. The normalized spacial score (nSPS) is 16.3. The van der Waals surface area contributed by atoms with Gasteiger partial charge in [-0.3, -0.25) is 4.90 Å². The molecule has 0 radical (unpaired) electrons. The Labute approximate surface area is 119 Å². The van der Waals surface area contributed by atoms with Gasteiger partial charge in [0.2, 0.25) is 0 Å². The van der Waals surface area contributed by atoms with E-state index in [4.69, 9.17) is 0 Å². The molecule has 0 bridgehead atoms. The molecule has 4 heteroatoms. The minimum absolute atomic E-state index is 0.342. The predicted molar refractivity (Wildman–Crippen MR) is 79.8 cm³/mol. The molecule has 104 valence electrons. The minimum atomic E-state index is 0.342. The second-order valence-corrected chi connectivity index (χ2v) is 5.12. The summed E-state index contributed by atoms with van der Waals surface area (Å²) in [5.74, 6) is 1.40. The van der Waals surface area contributed by atoms with Crippen molar-refractivity contribution in [1.82, 2.24) is 9.88 Å². The quantitative estimate of drug-likeness (QED) is 0.926. The minimum Gasteiger partial charge on any atom is -0.508 e. The van der Waals surface area contributed by atoms with Crippen LogP contribution >= 0.6 is 0 Å². The molecular weight excluding hydrogens is 250 g/mol. The van der Waals surface area contributed by atoms with Crippen LogP contribution in [0.4, 0.5) is 5.82 Å². The Bertz CT molecular complexity index is 551. The molecule has 1 aromatic heterocycles. The van der Waals surface area contributed by atoms with E-state index in [1.54, 1.807) is 6.07 Å². The fourth-order valence-electron chi connectivity index (χ4n) is 2.59. The molecule has 1 aromatic carbocycles. The third-order valence-electron chi connectivity index (χ3n) is 3.66. The van der Waals surface area contributed by atoms with Crippen LogP contribution in [0, 0.1) is 0 Å². The molecule has 2 aromatic rings. The van der Waals surface area contributed by atoms with Crippen molar-refractivity contribution in [2.24, 2.45) is 0 Å². The largest absolute Gasteiger partial charge is 0.508 e. The van der Waals surface area contributed by atoms with Crippen molar-refractivity contribution in [2.45, 2.75) is 6.54 Å². The molecule has 1 fully saturated rings. The van der Waals surface area contributed by atoms with Gasteiger partial charge in [0.15, 0.2) is 0 Å². The smallest absolute Gasteiger partial charge is 0.128 e. The Morgan fingerprint density at radius 3 is 2.55 bits per heavy atom. The lowest BCUT2D eigenvalue weighted by Crippen LogP contribution is -2.46. The maximum absolute atomic E-state index is 9.50. The average Bonchev–Trinajstić information content (AvgIpc) is 2.49. The Hall–Kier alpha value is -2.07. The van der Waals surface area contributed by atoms with Gasteiger partial charge < -0.3 is 10.0 Å². The highest BCUT2D eigenvalue weighted by Gasteiger charge is 2.17. The number of benzene rings is 1. The molecule has 0 saturated carbocycles. The molecule has 20 heavy (non-hydrogen) atoms. The fourth-order valence-corrected chi connectivity index (χ4v) is 2.59. The molecule has 2 heterocycles. The van der Waals surface area contributed by atoms with Gasteiger partial charge in [0.25, 0.3) is 0 Å². The van der Waals surface area contributed by atoms with E-state index in [-0.39, 0.29) is 0 Å². The van der Waals surface area contributed by atoms with Crippen LogP contribution in [-0.2, 0) is 6.54 Å². The monoisotopic (exact) mass is 269 g/mol. The zero-order valence-corrected chi connectivity index (χ0v) is 11.4. The van der Waals surface area contributed by atoms with Crippen LogP contribution in [0.5, 0.6) is 5.75 Å². The van der Waals surface area contributed by atoms with Crippen molar-refractivity contribution >= 4 is 5.82 Å². The summed E-state index contributed by atoms with van der Waals surface area (Å²) in [6, 6.07) is 13.5. The van der Waals surface area contributed by atoms with Gasteiger partial charge in [-0.1, -0.05) is 18.2 Å². The standard InChI is InChI=1S/C16H19N3O/c20-15-5-3-4-14(12-15)13-18-8-10-19(11-9-18)16-6-1-2-7-17-16/h1-7,12,20H,8-11,13H2. The number of pyridine rings is 1. The Morgan fingerprint density at radius 1 is 1.00 bits per heavy atom. The average molecular weight is 269 g/mol. The molecule has 0 spiro atoms. The topological polar surface area (TPSA) is 39.6 Å². The van der Waals surface area contributed by atoms with E-state index >= 15 is 0 Å². The van der Waals surface area contributed by atoms with Gasteiger partial charge in [0.05, 0.1) is 0 Å². The summed E-state index contributed by atoms with van der Waals surface area (Å²) in [4.78, 5) is 9.13. The number of anilines is 1. The van der Waals surface area contributed by atoms with Gasteiger partial charge in [-0.25, -0.2) is 4.98 Å². The maximum Gasteiger partial charge on any atom is 0.128 e. The van der Waals surface area contributed by atoms with Crippen LogP contribution in [0.1, 0.15) is 5.56 Å². The third-order valence-corrected chi connectivity index (χ3v) is 3.66. The molecule has 4 nitrogen and oxygen atoms in total. The number of nitrogens with zero attached hydrogens (tertiary/aromatic N) is 3. The molecule has 1 N–H and O–H groups in total. The number of piperazine rings is 1. The number of aromatic hydroxyl groups is 1. The summed E-state index contributed by atoms with van der Waals surface area (Å²) in [5, 5.41) is 9.50. The molecule has 1 aliphatic heterocycles. The van der Waals surface area contributed by atoms with Crippen LogP contribution < -0.4 is 4.90 Å². The first-order valence-corrected chi connectivity index (χ1v) is 6.97. The first-order chi connectivity index (χ1) is 9.81. The van der Waals surface area contributed by atoms with Crippen LogP contribution in [-0.4, -0.2) is 41.2 Å². The summed E-state index contributed by atoms with van der Waals surface area (Å²) in [7, 11) is 0. The van der Waals surface area contributed by atoms with Crippen LogP contribution in [0.2, 0.25) is 0 Å². The number of hydrogen-bond donors (Lipinski definition) is 1. The number of phenols is 1. The predicted octanol–water partition coefficient (Wildman–Crippen LogP) is 2.11. The van der Waals surface area contributed by atoms with Gasteiger partial charge in [-0.2, -0.15) is 0 Å². The highest BCUT2D eigenvalue weighted by Crippen LogP contribution is 2.16. The summed E-state index contributed by atoms with van der Waals surface area (Å²) < 4.78 is 0. The van der Waals surface area contributed by atoms with E-state index in [0.29, 0.717) is 5.75 Å². The van der Waals surface area contributed by atoms with Crippen molar-refractivity contribution < 1.29 is 5.11 Å². The van der Waals surface area contributed by atoms with E-state index in [1.807, 2.05) is 30.5 Å². The maximum atomic E-state index is 9.50. The van der Waals surface area contributed by atoms with Gasteiger partial charge >= 0.3 is 0 Å². The third kappa shape index (κ3) is 3.08. The molecule has 0 unspecified atom stereocenters. The fraction of sp³-hybridized carbons (Fsp3) is 0.312. The molecule has 1 saturated heterocycles. The Kier molecular flexibility index (Phi) is 3.83. The number of hydrogen-bond acceptors (Lipinski definition) is 4. The lowest BCUT2D eigenvalue weighted by Gasteiger charge is -2.35. The van der Waals surface area contributed by atoms with Crippen molar-refractivity contribution in [1.29, 1.82) is 0 Å². The first-order valence-electron chi connectivity index (χ1n) is 6.97. The van der Waals surface area contributed by atoms with Crippen LogP contribution in [0.15, 0.2) is 48.7 Å². The van der Waals surface area contributed by atoms with Crippen LogP contribution in [0.25, 0.3) is 0 Å². The zero-order valence-electron chi connectivity index (χ0n) is 11.4. The first kappa shape index (κ1) is 12.9.